The fourth-order valence-electron chi connectivity index (χ4n) is 0.891. The second-order valence-electron chi connectivity index (χ2n) is 2.72. The van der Waals surface area contributed by atoms with Crippen molar-refractivity contribution >= 4 is 23.3 Å². The molecule has 0 bridgehead atoms. The average molecular weight is 226 g/mol. The van der Waals surface area contributed by atoms with Gasteiger partial charge in [0.1, 0.15) is 5.15 Å². The molecule has 0 spiro atoms. The Balaban J connectivity index is 2.85. The summed E-state index contributed by atoms with van der Waals surface area (Å²) in [7, 11) is 1.68. The molecule has 0 fully saturated rings. The molecule has 6 heteroatoms. The Bertz CT molecular complexity index is 399. The average Bonchev–Trinajstić information content (AvgIpc) is 2.25. The molecule has 3 N–H and O–H groups in total. The normalized spacial score (nSPS) is 12.7. The monoisotopic (exact) mass is 225 g/mol. The van der Waals surface area contributed by atoms with Crippen LogP contribution in [-0.2, 0) is 0 Å². The Morgan fingerprint density at radius 1 is 1.67 bits per heavy atom. The van der Waals surface area contributed by atoms with E-state index < -0.39 is 0 Å². The zero-order valence-electron chi connectivity index (χ0n) is 8.53. The molecule has 0 aliphatic carbocycles. The first kappa shape index (κ1) is 11.5. The van der Waals surface area contributed by atoms with Crippen LogP contribution in [0.2, 0.25) is 5.15 Å². The fourth-order valence-corrected chi connectivity index (χ4v) is 1.03. The number of aromatic nitrogens is 2. The van der Waals surface area contributed by atoms with Gasteiger partial charge in [0, 0.05) is 19.4 Å². The van der Waals surface area contributed by atoms with Crippen molar-refractivity contribution in [3.8, 4) is 0 Å². The van der Waals surface area contributed by atoms with E-state index in [-0.39, 0.29) is 0 Å². The summed E-state index contributed by atoms with van der Waals surface area (Å²) in [6.45, 7) is 1.83. The van der Waals surface area contributed by atoms with E-state index in [2.05, 4.69) is 20.3 Å². The van der Waals surface area contributed by atoms with Crippen molar-refractivity contribution in [2.45, 2.75) is 6.92 Å². The van der Waals surface area contributed by atoms with E-state index in [1.54, 1.807) is 19.3 Å². The molecular formula is C9H12ClN5. The van der Waals surface area contributed by atoms with Crippen LogP contribution in [0.15, 0.2) is 29.2 Å². The van der Waals surface area contributed by atoms with Crippen LogP contribution in [-0.4, -0.2) is 22.7 Å². The number of hydrogen-bond acceptors (Lipinski definition) is 5. The molecule has 0 unspecified atom stereocenters. The minimum Gasteiger partial charge on any atom is -0.403 e. The number of anilines is 1. The van der Waals surface area contributed by atoms with Crippen LogP contribution in [0.5, 0.6) is 0 Å². The van der Waals surface area contributed by atoms with Crippen LogP contribution >= 0.6 is 11.6 Å². The third-order valence-corrected chi connectivity index (χ3v) is 1.97. The number of rotatable bonds is 3. The van der Waals surface area contributed by atoms with Crippen LogP contribution in [0, 0.1) is 0 Å². The van der Waals surface area contributed by atoms with Gasteiger partial charge in [0.05, 0.1) is 11.4 Å². The van der Waals surface area contributed by atoms with Gasteiger partial charge in [-0.2, -0.15) is 0 Å². The SMILES string of the molecule is CN=C(C)/C(=C\N)Nc1nccc(Cl)n1. The predicted octanol–water partition coefficient (Wildman–Crippen LogP) is 1.43. The predicted molar refractivity (Wildman–Crippen MR) is 62.0 cm³/mol. The van der Waals surface area contributed by atoms with Gasteiger partial charge in [-0.05, 0) is 13.0 Å². The van der Waals surface area contributed by atoms with E-state index in [9.17, 15) is 0 Å². The first-order chi connectivity index (χ1) is 7.17. The quantitative estimate of drug-likeness (QED) is 0.603. The number of allylic oxidation sites excluding steroid dienone is 1. The number of hydrogen-bond donors (Lipinski definition) is 2. The molecule has 1 heterocycles. The second-order valence-corrected chi connectivity index (χ2v) is 3.10. The summed E-state index contributed by atoms with van der Waals surface area (Å²) < 4.78 is 0. The van der Waals surface area contributed by atoms with Gasteiger partial charge in [-0.25, -0.2) is 9.97 Å². The number of nitrogens with one attached hydrogen (secondary N) is 1. The maximum absolute atomic E-state index is 5.71. The van der Waals surface area contributed by atoms with Gasteiger partial charge in [0.25, 0.3) is 0 Å². The summed E-state index contributed by atoms with van der Waals surface area (Å²) in [6.07, 6.45) is 2.97. The molecule has 0 atom stereocenters. The lowest BCUT2D eigenvalue weighted by atomic mass is 10.3. The third-order valence-electron chi connectivity index (χ3n) is 1.76. The summed E-state index contributed by atoms with van der Waals surface area (Å²) in [4.78, 5) is 12.0. The molecule has 1 aromatic heterocycles. The number of nitrogens with zero attached hydrogens (tertiary/aromatic N) is 3. The van der Waals surface area contributed by atoms with Crippen molar-refractivity contribution in [1.29, 1.82) is 0 Å². The lowest BCUT2D eigenvalue weighted by molar-refractivity contribution is 1.15. The topological polar surface area (TPSA) is 76.2 Å². The Kier molecular flexibility index (Phi) is 4.05. The summed E-state index contributed by atoms with van der Waals surface area (Å²) in [5.41, 5.74) is 6.86. The summed E-state index contributed by atoms with van der Waals surface area (Å²) in [5, 5.41) is 3.29. The largest absolute Gasteiger partial charge is 0.403 e. The van der Waals surface area contributed by atoms with Crippen molar-refractivity contribution in [3.05, 3.63) is 29.3 Å². The first-order valence-corrected chi connectivity index (χ1v) is 4.66. The molecule has 15 heavy (non-hydrogen) atoms. The number of aliphatic imine (C=N–C) groups is 1. The fraction of sp³-hybridized carbons (Fsp3) is 0.222. The van der Waals surface area contributed by atoms with E-state index in [1.165, 1.54) is 6.20 Å². The Morgan fingerprint density at radius 3 is 2.93 bits per heavy atom. The molecule has 1 aromatic rings. The van der Waals surface area contributed by atoms with Crippen molar-refractivity contribution in [3.63, 3.8) is 0 Å². The van der Waals surface area contributed by atoms with Gasteiger partial charge in [-0.15, -0.1) is 0 Å². The van der Waals surface area contributed by atoms with E-state index in [4.69, 9.17) is 17.3 Å². The molecule has 0 radical (unpaired) electrons. The lowest BCUT2D eigenvalue weighted by Gasteiger charge is -2.07. The molecule has 5 nitrogen and oxygen atoms in total. The Morgan fingerprint density at radius 2 is 2.40 bits per heavy atom. The van der Waals surface area contributed by atoms with Gasteiger partial charge in [-0.1, -0.05) is 11.6 Å². The number of halogens is 1. The van der Waals surface area contributed by atoms with Gasteiger partial charge in [-0.3, -0.25) is 4.99 Å². The highest BCUT2D eigenvalue weighted by molar-refractivity contribution is 6.29. The highest BCUT2D eigenvalue weighted by Gasteiger charge is 2.03. The molecule has 1 rings (SSSR count). The summed E-state index contributed by atoms with van der Waals surface area (Å²) >= 11 is 5.71. The third kappa shape index (κ3) is 3.21. The minimum absolute atomic E-state index is 0.370. The van der Waals surface area contributed by atoms with Crippen molar-refractivity contribution in [1.82, 2.24) is 9.97 Å². The van der Waals surface area contributed by atoms with E-state index in [0.29, 0.717) is 16.8 Å². The summed E-state index contributed by atoms with van der Waals surface area (Å²) in [6, 6.07) is 1.60. The van der Waals surface area contributed by atoms with Gasteiger partial charge >= 0.3 is 0 Å². The molecule has 0 amide bonds. The zero-order chi connectivity index (χ0) is 11.3. The Hall–Kier alpha value is -1.62. The minimum atomic E-state index is 0.370. The van der Waals surface area contributed by atoms with E-state index in [1.807, 2.05) is 6.92 Å². The van der Waals surface area contributed by atoms with Crippen molar-refractivity contribution < 1.29 is 0 Å². The molecule has 80 valence electrons. The molecule has 0 aliphatic heterocycles. The highest BCUT2D eigenvalue weighted by Crippen LogP contribution is 2.08. The standard InChI is InChI=1S/C9H12ClN5/c1-6(12-2)7(5-11)14-9-13-4-3-8(10)15-9/h3-5H,11H2,1-2H3,(H,13,14,15)/b7-5+,12-6?. The van der Waals surface area contributed by atoms with Crippen LogP contribution in [0.4, 0.5) is 5.95 Å². The van der Waals surface area contributed by atoms with Gasteiger partial charge < -0.3 is 11.1 Å². The van der Waals surface area contributed by atoms with Crippen molar-refractivity contribution in [2.24, 2.45) is 10.7 Å². The molecule has 0 saturated carbocycles. The zero-order valence-corrected chi connectivity index (χ0v) is 9.28. The molecule has 0 saturated heterocycles. The molecular weight excluding hydrogens is 214 g/mol. The first-order valence-electron chi connectivity index (χ1n) is 4.28. The van der Waals surface area contributed by atoms with Crippen LogP contribution in [0.3, 0.4) is 0 Å². The van der Waals surface area contributed by atoms with Crippen molar-refractivity contribution in [2.75, 3.05) is 12.4 Å². The summed E-state index contributed by atoms with van der Waals surface area (Å²) in [5.74, 6) is 0.391. The Labute approximate surface area is 93.1 Å². The molecule has 0 aromatic carbocycles. The van der Waals surface area contributed by atoms with Crippen LogP contribution < -0.4 is 11.1 Å². The number of nitrogens with two attached hydrogens (primary N) is 1. The second kappa shape index (κ2) is 5.31. The van der Waals surface area contributed by atoms with E-state index in [0.717, 1.165) is 5.71 Å². The molecule has 0 aliphatic rings. The van der Waals surface area contributed by atoms with Crippen LogP contribution in [0.1, 0.15) is 6.92 Å². The van der Waals surface area contributed by atoms with Crippen LogP contribution in [0.25, 0.3) is 0 Å². The van der Waals surface area contributed by atoms with Gasteiger partial charge in [0.15, 0.2) is 0 Å². The van der Waals surface area contributed by atoms with Gasteiger partial charge in [0.2, 0.25) is 5.95 Å². The van der Waals surface area contributed by atoms with E-state index >= 15 is 0 Å². The maximum atomic E-state index is 5.71. The smallest absolute Gasteiger partial charge is 0.228 e. The maximum Gasteiger partial charge on any atom is 0.228 e. The lowest BCUT2D eigenvalue weighted by Crippen LogP contribution is -2.12. The highest BCUT2D eigenvalue weighted by atomic mass is 35.5.